The highest BCUT2D eigenvalue weighted by Gasteiger charge is 2.35. The summed E-state index contributed by atoms with van der Waals surface area (Å²) >= 11 is 0. The van der Waals surface area contributed by atoms with E-state index in [2.05, 4.69) is 225 Å². The first-order valence-electron chi connectivity index (χ1n) is 21.9. The number of benzene rings is 11. The van der Waals surface area contributed by atoms with Crippen molar-refractivity contribution in [2.75, 3.05) is 4.90 Å². The number of hydrogen-bond acceptors (Lipinski definition) is 2. The Bertz CT molecular complexity index is 3780. The van der Waals surface area contributed by atoms with Gasteiger partial charge in [0.25, 0.3) is 0 Å². The molecule has 0 amide bonds. The van der Waals surface area contributed by atoms with Crippen molar-refractivity contribution in [2.45, 2.75) is 19.3 Å². The quantitative estimate of drug-likeness (QED) is 0.161. The highest BCUT2D eigenvalue weighted by atomic mass is 16.3. The van der Waals surface area contributed by atoms with Crippen molar-refractivity contribution in [2.24, 2.45) is 0 Å². The van der Waals surface area contributed by atoms with Crippen LogP contribution in [0.25, 0.3) is 98.4 Å². The molecule has 1 aromatic heterocycles. The molecule has 0 bridgehead atoms. The summed E-state index contributed by atoms with van der Waals surface area (Å²) < 4.78 is 6.39. The predicted octanol–water partition coefficient (Wildman–Crippen LogP) is 17.3. The van der Waals surface area contributed by atoms with Crippen molar-refractivity contribution < 1.29 is 4.42 Å². The van der Waals surface area contributed by atoms with Gasteiger partial charge in [-0.25, -0.2) is 0 Å². The largest absolute Gasteiger partial charge is 0.456 e. The topological polar surface area (TPSA) is 16.4 Å². The first kappa shape index (κ1) is 35.8. The molecule has 1 heterocycles. The summed E-state index contributed by atoms with van der Waals surface area (Å²) in [4.78, 5) is 2.42. The maximum atomic E-state index is 6.39. The van der Waals surface area contributed by atoms with E-state index in [-0.39, 0.29) is 5.41 Å². The van der Waals surface area contributed by atoms with Crippen LogP contribution >= 0.6 is 0 Å². The second-order valence-corrected chi connectivity index (χ2v) is 17.6. The third kappa shape index (κ3) is 5.38. The van der Waals surface area contributed by atoms with Crippen LogP contribution in [0, 0.1) is 0 Å². The maximum absolute atomic E-state index is 6.39. The molecule has 0 unspecified atom stereocenters. The third-order valence-corrected chi connectivity index (χ3v) is 13.8. The Labute approximate surface area is 365 Å². The summed E-state index contributed by atoms with van der Waals surface area (Å²) in [5.74, 6) is 0. The van der Waals surface area contributed by atoms with E-state index in [1.165, 1.54) is 93.0 Å². The van der Waals surface area contributed by atoms with Gasteiger partial charge in [-0.15, -0.1) is 0 Å². The van der Waals surface area contributed by atoms with Crippen LogP contribution in [0.15, 0.2) is 217 Å². The van der Waals surface area contributed by atoms with Crippen molar-refractivity contribution >= 4 is 82.1 Å². The van der Waals surface area contributed by atoms with Crippen molar-refractivity contribution in [3.63, 3.8) is 0 Å². The molecule has 1 aliphatic carbocycles. The van der Waals surface area contributed by atoms with E-state index >= 15 is 0 Å². The first-order valence-corrected chi connectivity index (χ1v) is 21.9. The molecule has 0 fully saturated rings. The van der Waals surface area contributed by atoms with Gasteiger partial charge in [-0.1, -0.05) is 166 Å². The molecule has 0 atom stereocenters. The molecule has 2 nitrogen and oxygen atoms in total. The Morgan fingerprint density at radius 3 is 1.70 bits per heavy atom. The Morgan fingerprint density at radius 2 is 0.905 bits per heavy atom. The SMILES string of the molecule is CC1(C)c2ccccc2-c2ccc(N(c3ccc(-c4ccc5ccccc5c4)cc3)c3ccc(-c4cccc5c6ccc7oc8ccccc8c7c6c6ccccc6c45)cc3)cc21. The van der Waals surface area contributed by atoms with Crippen LogP contribution in [0.3, 0.4) is 0 Å². The Balaban J connectivity index is 0.962. The second-order valence-electron chi connectivity index (χ2n) is 17.6. The number of anilines is 3. The van der Waals surface area contributed by atoms with E-state index in [0.29, 0.717) is 0 Å². The van der Waals surface area contributed by atoms with Crippen LogP contribution in [-0.2, 0) is 5.41 Å². The lowest BCUT2D eigenvalue weighted by atomic mass is 9.82. The fourth-order valence-corrected chi connectivity index (χ4v) is 10.8. The number of para-hydroxylation sites is 1. The standard InChI is InChI=1S/C61H41NO/c1-61(2)54-20-9-7-14-47(54)48-33-32-45(37-55(48)61)62(43-28-24-39(25-29-43)42-23-22-38-12-3-4-13-41(38)36-42)44-30-26-40(27-31-44)46-18-11-19-50-52-34-35-57-60(53-17-8-10-21-56(53)63-57)59(52)51-16-6-5-15-49(51)58(46)50/h3-37H,1-2H3. The summed E-state index contributed by atoms with van der Waals surface area (Å²) in [7, 11) is 0. The zero-order chi connectivity index (χ0) is 41.8. The molecule has 1 aliphatic rings. The van der Waals surface area contributed by atoms with Gasteiger partial charge in [0.1, 0.15) is 11.2 Å². The minimum Gasteiger partial charge on any atom is -0.456 e. The van der Waals surface area contributed by atoms with E-state index < -0.39 is 0 Å². The Kier molecular flexibility index (Phi) is 7.68. The fourth-order valence-electron chi connectivity index (χ4n) is 10.8. The van der Waals surface area contributed by atoms with Gasteiger partial charge in [-0.3, -0.25) is 0 Å². The van der Waals surface area contributed by atoms with Crippen LogP contribution in [-0.4, -0.2) is 0 Å². The molecular formula is C61H41NO. The predicted molar refractivity (Wildman–Crippen MR) is 267 cm³/mol. The fraction of sp³-hybridized carbons (Fsp3) is 0.0492. The van der Waals surface area contributed by atoms with Gasteiger partial charge in [0.05, 0.1) is 0 Å². The highest BCUT2D eigenvalue weighted by molar-refractivity contribution is 6.36. The molecule has 0 aliphatic heterocycles. The average molecular weight is 804 g/mol. The lowest BCUT2D eigenvalue weighted by Gasteiger charge is -2.28. The van der Waals surface area contributed by atoms with E-state index in [1.54, 1.807) is 0 Å². The van der Waals surface area contributed by atoms with Gasteiger partial charge in [0.2, 0.25) is 0 Å². The summed E-state index contributed by atoms with van der Waals surface area (Å²) in [5.41, 5.74) is 15.3. The lowest BCUT2D eigenvalue weighted by molar-refractivity contribution is 0.660. The molecule has 63 heavy (non-hydrogen) atoms. The number of furan rings is 1. The lowest BCUT2D eigenvalue weighted by Crippen LogP contribution is -2.16. The number of nitrogens with zero attached hydrogens (tertiary/aromatic N) is 1. The molecule has 2 heteroatoms. The van der Waals surface area contributed by atoms with Gasteiger partial charge in [-0.2, -0.15) is 0 Å². The summed E-state index contributed by atoms with van der Waals surface area (Å²) in [5, 5.41) is 12.3. The number of rotatable bonds is 5. The molecule has 11 aromatic carbocycles. The number of hydrogen-bond donors (Lipinski definition) is 0. The van der Waals surface area contributed by atoms with Crippen LogP contribution in [0.5, 0.6) is 0 Å². The summed E-state index contributed by atoms with van der Waals surface area (Å²) in [6.07, 6.45) is 0. The molecule has 13 rings (SSSR count). The average Bonchev–Trinajstić information content (AvgIpc) is 3.83. The van der Waals surface area contributed by atoms with E-state index in [9.17, 15) is 0 Å². The maximum Gasteiger partial charge on any atom is 0.136 e. The summed E-state index contributed by atoms with van der Waals surface area (Å²) in [6, 6.07) is 78.0. The van der Waals surface area contributed by atoms with E-state index in [1.807, 2.05) is 6.07 Å². The molecule has 0 saturated carbocycles. The van der Waals surface area contributed by atoms with Crippen molar-refractivity contribution in [1.29, 1.82) is 0 Å². The third-order valence-electron chi connectivity index (χ3n) is 13.8. The summed E-state index contributed by atoms with van der Waals surface area (Å²) in [6.45, 7) is 4.71. The normalized spacial score (nSPS) is 13.0. The van der Waals surface area contributed by atoms with Crippen molar-refractivity contribution in [1.82, 2.24) is 0 Å². The van der Waals surface area contributed by atoms with E-state index in [0.717, 1.165) is 33.6 Å². The van der Waals surface area contributed by atoms with Crippen LogP contribution < -0.4 is 4.90 Å². The van der Waals surface area contributed by atoms with Crippen molar-refractivity contribution in [3.8, 4) is 33.4 Å². The zero-order valence-corrected chi connectivity index (χ0v) is 35.1. The van der Waals surface area contributed by atoms with Crippen molar-refractivity contribution in [3.05, 3.63) is 223 Å². The molecule has 0 saturated heterocycles. The smallest absolute Gasteiger partial charge is 0.136 e. The van der Waals surface area contributed by atoms with E-state index in [4.69, 9.17) is 4.42 Å². The minimum absolute atomic E-state index is 0.116. The molecule has 296 valence electrons. The molecule has 0 spiro atoms. The van der Waals surface area contributed by atoms with Crippen LogP contribution in [0.4, 0.5) is 17.1 Å². The van der Waals surface area contributed by atoms with Gasteiger partial charge < -0.3 is 9.32 Å². The van der Waals surface area contributed by atoms with Crippen LogP contribution in [0.1, 0.15) is 25.0 Å². The Hall–Kier alpha value is -7.94. The van der Waals surface area contributed by atoms with Gasteiger partial charge >= 0.3 is 0 Å². The second kappa shape index (κ2) is 13.5. The highest BCUT2D eigenvalue weighted by Crippen LogP contribution is 2.51. The zero-order valence-electron chi connectivity index (χ0n) is 35.1. The van der Waals surface area contributed by atoms with Gasteiger partial charge in [-0.05, 0) is 143 Å². The van der Waals surface area contributed by atoms with Crippen LogP contribution in [0.2, 0.25) is 0 Å². The van der Waals surface area contributed by atoms with Gasteiger partial charge in [0, 0.05) is 38.6 Å². The molecule has 12 aromatic rings. The Morgan fingerprint density at radius 1 is 0.333 bits per heavy atom. The molecule has 0 N–H and O–H groups in total. The first-order chi connectivity index (χ1) is 31.0. The van der Waals surface area contributed by atoms with Gasteiger partial charge in [0.15, 0.2) is 0 Å². The monoisotopic (exact) mass is 803 g/mol. The number of fused-ring (bicyclic) bond motifs is 14. The molecule has 0 radical (unpaired) electrons. The minimum atomic E-state index is -0.116. The molecular weight excluding hydrogens is 763 g/mol.